The molecule has 0 saturated heterocycles. The molecule has 0 saturated carbocycles. The van der Waals surface area contributed by atoms with Crippen LogP contribution in [0.2, 0.25) is 0 Å². The number of sulfonamides is 1. The third kappa shape index (κ3) is 5.30. The standard InChI is InChI=1S/C19H24N4O4S/c1-13(15-8-10-17(11-9-15)28(26,27)23(2)3)22-18(24)16-6-4-14(5-7-16)12-21-19(20)25/h4-11,13H,12H2,1-3H3,(H,22,24)(H3,20,21,25). The van der Waals surface area contributed by atoms with E-state index in [0.717, 1.165) is 15.4 Å². The fraction of sp³-hybridized carbons (Fsp3) is 0.263. The maximum atomic E-state index is 12.4. The summed E-state index contributed by atoms with van der Waals surface area (Å²) in [4.78, 5) is 23.3. The van der Waals surface area contributed by atoms with E-state index in [-0.39, 0.29) is 23.4 Å². The van der Waals surface area contributed by atoms with E-state index in [0.29, 0.717) is 5.56 Å². The number of primary amides is 1. The summed E-state index contributed by atoms with van der Waals surface area (Å²) in [6, 6.07) is 12.3. The molecule has 2 rings (SSSR count). The van der Waals surface area contributed by atoms with E-state index in [1.807, 2.05) is 6.92 Å². The molecule has 0 heterocycles. The smallest absolute Gasteiger partial charge is 0.312 e. The first-order valence-corrected chi connectivity index (χ1v) is 10.0. The van der Waals surface area contributed by atoms with Crippen molar-refractivity contribution in [2.75, 3.05) is 14.1 Å². The van der Waals surface area contributed by atoms with E-state index < -0.39 is 16.1 Å². The summed E-state index contributed by atoms with van der Waals surface area (Å²) >= 11 is 0. The lowest BCUT2D eigenvalue weighted by molar-refractivity contribution is 0.0940. The van der Waals surface area contributed by atoms with Gasteiger partial charge in [-0.15, -0.1) is 0 Å². The van der Waals surface area contributed by atoms with Gasteiger partial charge in [-0.25, -0.2) is 17.5 Å². The lowest BCUT2D eigenvalue weighted by Crippen LogP contribution is -2.29. The average molecular weight is 404 g/mol. The van der Waals surface area contributed by atoms with Crippen LogP contribution in [0, 0.1) is 0 Å². The Balaban J connectivity index is 2.03. The largest absolute Gasteiger partial charge is 0.352 e. The first kappa shape index (κ1) is 21.4. The van der Waals surface area contributed by atoms with Crippen LogP contribution in [0.25, 0.3) is 0 Å². The third-order valence-electron chi connectivity index (χ3n) is 4.19. The van der Waals surface area contributed by atoms with Gasteiger partial charge >= 0.3 is 6.03 Å². The van der Waals surface area contributed by atoms with Gasteiger partial charge in [0.05, 0.1) is 10.9 Å². The molecule has 4 N–H and O–H groups in total. The van der Waals surface area contributed by atoms with E-state index in [2.05, 4.69) is 10.6 Å². The molecule has 0 aliphatic carbocycles. The molecule has 0 fully saturated rings. The maximum absolute atomic E-state index is 12.4. The summed E-state index contributed by atoms with van der Waals surface area (Å²) in [6.07, 6.45) is 0. The Morgan fingerprint density at radius 3 is 2.11 bits per heavy atom. The minimum atomic E-state index is -3.49. The Hall–Kier alpha value is -2.91. The summed E-state index contributed by atoms with van der Waals surface area (Å²) in [5.74, 6) is -0.257. The summed E-state index contributed by atoms with van der Waals surface area (Å²) < 4.78 is 25.4. The number of amides is 3. The third-order valence-corrected chi connectivity index (χ3v) is 6.02. The van der Waals surface area contributed by atoms with Crippen LogP contribution in [0.5, 0.6) is 0 Å². The van der Waals surface area contributed by atoms with Crippen LogP contribution in [0.15, 0.2) is 53.4 Å². The molecule has 0 spiro atoms. The van der Waals surface area contributed by atoms with Gasteiger partial charge in [-0.3, -0.25) is 4.79 Å². The Kier molecular flexibility index (Phi) is 6.76. The van der Waals surface area contributed by atoms with Crippen molar-refractivity contribution in [2.45, 2.75) is 24.4 Å². The number of carbonyl (C=O) groups is 2. The van der Waals surface area contributed by atoms with Crippen LogP contribution in [-0.2, 0) is 16.6 Å². The Morgan fingerprint density at radius 2 is 1.61 bits per heavy atom. The maximum Gasteiger partial charge on any atom is 0.312 e. The molecule has 1 atom stereocenters. The van der Waals surface area contributed by atoms with Gasteiger partial charge in [0, 0.05) is 26.2 Å². The normalized spacial score (nSPS) is 12.4. The fourth-order valence-corrected chi connectivity index (χ4v) is 3.37. The zero-order valence-electron chi connectivity index (χ0n) is 16.0. The number of nitrogens with two attached hydrogens (primary N) is 1. The molecule has 0 aliphatic heterocycles. The summed E-state index contributed by atoms with van der Waals surface area (Å²) in [6.45, 7) is 2.11. The highest BCUT2D eigenvalue weighted by Crippen LogP contribution is 2.18. The van der Waals surface area contributed by atoms with E-state index >= 15 is 0 Å². The zero-order chi connectivity index (χ0) is 20.9. The van der Waals surface area contributed by atoms with Crippen molar-refractivity contribution in [3.05, 3.63) is 65.2 Å². The first-order chi connectivity index (χ1) is 13.1. The van der Waals surface area contributed by atoms with Gasteiger partial charge in [-0.1, -0.05) is 24.3 Å². The van der Waals surface area contributed by atoms with Crippen molar-refractivity contribution in [3.63, 3.8) is 0 Å². The topological polar surface area (TPSA) is 122 Å². The molecule has 8 nitrogen and oxygen atoms in total. The monoisotopic (exact) mass is 404 g/mol. The first-order valence-electron chi connectivity index (χ1n) is 8.57. The van der Waals surface area contributed by atoms with Gasteiger partial charge in [0.2, 0.25) is 10.0 Å². The second-order valence-corrected chi connectivity index (χ2v) is 8.62. The van der Waals surface area contributed by atoms with E-state index in [9.17, 15) is 18.0 Å². The van der Waals surface area contributed by atoms with Gasteiger partial charge in [0.25, 0.3) is 5.91 Å². The zero-order valence-corrected chi connectivity index (χ0v) is 16.8. The van der Waals surface area contributed by atoms with Crippen LogP contribution in [-0.4, -0.2) is 38.8 Å². The van der Waals surface area contributed by atoms with Gasteiger partial charge in [-0.05, 0) is 42.3 Å². The minimum Gasteiger partial charge on any atom is -0.352 e. The molecule has 0 bridgehead atoms. The van der Waals surface area contributed by atoms with Crippen molar-refractivity contribution < 1.29 is 18.0 Å². The molecule has 2 aromatic carbocycles. The molecule has 1 unspecified atom stereocenters. The quantitative estimate of drug-likeness (QED) is 0.649. The van der Waals surface area contributed by atoms with Crippen LogP contribution in [0.1, 0.15) is 34.5 Å². The number of hydrogen-bond donors (Lipinski definition) is 3. The van der Waals surface area contributed by atoms with Crippen molar-refractivity contribution >= 4 is 22.0 Å². The molecule has 2 aromatic rings. The van der Waals surface area contributed by atoms with Crippen LogP contribution in [0.4, 0.5) is 4.79 Å². The fourth-order valence-electron chi connectivity index (χ4n) is 2.47. The van der Waals surface area contributed by atoms with Crippen LogP contribution < -0.4 is 16.4 Å². The number of carbonyl (C=O) groups excluding carboxylic acids is 2. The number of hydrogen-bond acceptors (Lipinski definition) is 4. The molecule has 0 aromatic heterocycles. The van der Waals surface area contributed by atoms with E-state index in [1.165, 1.54) is 26.2 Å². The predicted molar refractivity (Wildman–Crippen MR) is 106 cm³/mol. The van der Waals surface area contributed by atoms with Gasteiger partial charge in [-0.2, -0.15) is 0 Å². The van der Waals surface area contributed by atoms with E-state index in [1.54, 1.807) is 36.4 Å². The van der Waals surface area contributed by atoms with Crippen LogP contribution >= 0.6 is 0 Å². The molecular weight excluding hydrogens is 380 g/mol. The highest BCUT2D eigenvalue weighted by atomic mass is 32.2. The summed E-state index contributed by atoms with van der Waals surface area (Å²) in [5.41, 5.74) is 7.11. The molecule has 150 valence electrons. The Labute approximate surface area is 164 Å². The van der Waals surface area contributed by atoms with Crippen molar-refractivity contribution in [1.82, 2.24) is 14.9 Å². The lowest BCUT2D eigenvalue weighted by atomic mass is 10.1. The molecule has 0 radical (unpaired) electrons. The SMILES string of the molecule is CC(NC(=O)c1ccc(CNC(N)=O)cc1)c1ccc(S(=O)(=O)N(C)C)cc1. The van der Waals surface area contributed by atoms with Gasteiger partial charge < -0.3 is 16.4 Å². The second-order valence-electron chi connectivity index (χ2n) is 6.47. The predicted octanol–water partition coefficient (Wildman–Crippen LogP) is 1.60. The number of nitrogens with zero attached hydrogens (tertiary/aromatic N) is 1. The second kappa shape index (κ2) is 8.85. The molecule has 28 heavy (non-hydrogen) atoms. The average Bonchev–Trinajstić information content (AvgIpc) is 2.66. The lowest BCUT2D eigenvalue weighted by Gasteiger charge is -2.16. The molecule has 3 amide bonds. The molecular formula is C19H24N4O4S. The van der Waals surface area contributed by atoms with Gasteiger partial charge in [0.15, 0.2) is 0 Å². The van der Waals surface area contributed by atoms with Crippen LogP contribution in [0.3, 0.4) is 0 Å². The Morgan fingerprint density at radius 1 is 1.04 bits per heavy atom. The minimum absolute atomic E-state index is 0.194. The van der Waals surface area contributed by atoms with Crippen molar-refractivity contribution in [1.29, 1.82) is 0 Å². The van der Waals surface area contributed by atoms with Crippen molar-refractivity contribution in [3.8, 4) is 0 Å². The van der Waals surface area contributed by atoms with Gasteiger partial charge in [0.1, 0.15) is 0 Å². The van der Waals surface area contributed by atoms with Crippen molar-refractivity contribution in [2.24, 2.45) is 5.73 Å². The van der Waals surface area contributed by atoms with E-state index in [4.69, 9.17) is 5.73 Å². The number of nitrogens with one attached hydrogen (secondary N) is 2. The summed E-state index contributed by atoms with van der Waals surface area (Å²) in [7, 11) is -0.541. The molecule has 9 heteroatoms. The summed E-state index contributed by atoms with van der Waals surface area (Å²) in [5, 5.41) is 5.35. The highest BCUT2D eigenvalue weighted by Gasteiger charge is 2.18. The number of rotatable bonds is 7. The molecule has 0 aliphatic rings. The Bertz CT molecular complexity index is 939. The highest BCUT2D eigenvalue weighted by molar-refractivity contribution is 7.89. The number of benzene rings is 2. The number of urea groups is 1.